The number of hydrogen-bond donors (Lipinski definition) is 1. The first-order valence-corrected chi connectivity index (χ1v) is 11.4. The lowest BCUT2D eigenvalue weighted by molar-refractivity contribution is -0.384. The van der Waals surface area contributed by atoms with Gasteiger partial charge in [-0.2, -0.15) is 0 Å². The number of nitrogens with one attached hydrogen (secondary N) is 1. The second-order valence-corrected chi connectivity index (χ2v) is 8.70. The van der Waals surface area contributed by atoms with Gasteiger partial charge >= 0.3 is 0 Å². The Bertz CT molecular complexity index is 1430. The molecule has 3 aromatic carbocycles. The van der Waals surface area contributed by atoms with E-state index in [2.05, 4.69) is 10.3 Å². The number of hydrogen-bond acceptors (Lipinski definition) is 6. The smallest absolute Gasteiger partial charge is 0.293 e. The average molecular weight is 497 g/mol. The van der Waals surface area contributed by atoms with Gasteiger partial charge < -0.3 is 14.6 Å². The molecule has 34 heavy (non-hydrogen) atoms. The van der Waals surface area contributed by atoms with Gasteiger partial charge in [0.25, 0.3) is 11.6 Å². The zero-order valence-corrected chi connectivity index (χ0v) is 19.3. The molecular weight excluding hydrogens is 479 g/mol. The van der Waals surface area contributed by atoms with Crippen LogP contribution in [0.2, 0.25) is 10.0 Å². The standard InChI is InChI=1S/C24H18Cl2N4O4/c25-17-5-3-4-16(22(17)26)24-28-18-13-15(7-9-21(18)34-24)27-23(31)14-6-8-19(20(12-14)30(32)33)29-10-1-2-11-29/h3-9,12-13H,1-2,10-11H2,(H,27,31). The Hall–Kier alpha value is -3.62. The van der Waals surface area contributed by atoms with E-state index in [1.54, 1.807) is 48.5 Å². The summed E-state index contributed by atoms with van der Waals surface area (Å²) >= 11 is 12.4. The van der Waals surface area contributed by atoms with Crippen LogP contribution in [0.5, 0.6) is 0 Å². The van der Waals surface area contributed by atoms with Gasteiger partial charge in [0.2, 0.25) is 5.89 Å². The van der Waals surface area contributed by atoms with Crippen LogP contribution in [0, 0.1) is 10.1 Å². The summed E-state index contributed by atoms with van der Waals surface area (Å²) in [4.78, 5) is 30.5. The molecule has 1 aromatic heterocycles. The number of aromatic nitrogens is 1. The number of benzene rings is 3. The van der Waals surface area contributed by atoms with Crippen molar-refractivity contribution < 1.29 is 14.1 Å². The van der Waals surface area contributed by atoms with Crippen molar-refractivity contribution in [1.29, 1.82) is 0 Å². The number of rotatable bonds is 5. The van der Waals surface area contributed by atoms with E-state index in [-0.39, 0.29) is 11.3 Å². The normalized spacial score (nSPS) is 13.4. The maximum absolute atomic E-state index is 12.8. The molecule has 172 valence electrons. The van der Waals surface area contributed by atoms with Crippen LogP contribution in [-0.2, 0) is 0 Å². The van der Waals surface area contributed by atoms with E-state index in [9.17, 15) is 14.9 Å². The Morgan fingerprint density at radius 2 is 1.88 bits per heavy atom. The first kappa shape index (κ1) is 22.2. The van der Waals surface area contributed by atoms with E-state index < -0.39 is 10.8 Å². The summed E-state index contributed by atoms with van der Waals surface area (Å²) in [6, 6.07) is 14.7. The molecule has 1 aliphatic heterocycles. The van der Waals surface area contributed by atoms with E-state index in [1.807, 2.05) is 4.90 Å². The van der Waals surface area contributed by atoms with Crippen LogP contribution in [0.1, 0.15) is 23.2 Å². The van der Waals surface area contributed by atoms with Gasteiger partial charge in [0.05, 0.1) is 20.5 Å². The highest BCUT2D eigenvalue weighted by atomic mass is 35.5. The second-order valence-electron chi connectivity index (χ2n) is 7.91. The maximum Gasteiger partial charge on any atom is 0.293 e. The number of nitrogens with zero attached hydrogens (tertiary/aromatic N) is 3. The minimum atomic E-state index is -0.461. The average Bonchev–Trinajstić information content (AvgIpc) is 3.50. The predicted molar refractivity (Wildman–Crippen MR) is 132 cm³/mol. The number of oxazole rings is 1. The molecule has 0 bridgehead atoms. The predicted octanol–water partition coefficient (Wildman–Crippen LogP) is 6.56. The molecule has 8 nitrogen and oxygen atoms in total. The van der Waals surface area contributed by atoms with Gasteiger partial charge in [0, 0.05) is 30.4 Å². The van der Waals surface area contributed by atoms with Gasteiger partial charge in [-0.15, -0.1) is 0 Å². The van der Waals surface area contributed by atoms with Crippen LogP contribution in [0.25, 0.3) is 22.6 Å². The van der Waals surface area contributed by atoms with Crippen molar-refractivity contribution in [2.45, 2.75) is 12.8 Å². The van der Waals surface area contributed by atoms with Crippen LogP contribution in [0.3, 0.4) is 0 Å². The van der Waals surface area contributed by atoms with Gasteiger partial charge in [-0.05, 0) is 55.3 Å². The molecule has 0 spiro atoms. The van der Waals surface area contributed by atoms with E-state index in [4.69, 9.17) is 27.6 Å². The van der Waals surface area contributed by atoms with Crippen LogP contribution >= 0.6 is 23.2 Å². The summed E-state index contributed by atoms with van der Waals surface area (Å²) in [5, 5.41) is 15.1. The number of amides is 1. The maximum atomic E-state index is 12.8. The minimum absolute atomic E-state index is 0.0791. The summed E-state index contributed by atoms with van der Waals surface area (Å²) < 4.78 is 5.79. The monoisotopic (exact) mass is 496 g/mol. The molecule has 0 aliphatic carbocycles. The Morgan fingerprint density at radius 1 is 1.09 bits per heavy atom. The van der Waals surface area contributed by atoms with E-state index in [0.29, 0.717) is 44.0 Å². The third-order valence-corrected chi connectivity index (χ3v) is 6.53. The lowest BCUT2D eigenvalue weighted by Crippen LogP contribution is -2.19. The minimum Gasteiger partial charge on any atom is -0.436 e. The van der Waals surface area contributed by atoms with Crippen LogP contribution in [0.15, 0.2) is 59.0 Å². The Balaban J connectivity index is 1.40. The second kappa shape index (κ2) is 8.96. The van der Waals surface area contributed by atoms with Gasteiger partial charge in [-0.25, -0.2) is 4.98 Å². The molecule has 0 atom stereocenters. The van der Waals surface area contributed by atoms with E-state index >= 15 is 0 Å². The van der Waals surface area contributed by atoms with Crippen molar-refractivity contribution in [1.82, 2.24) is 4.98 Å². The zero-order valence-electron chi connectivity index (χ0n) is 17.8. The highest BCUT2D eigenvalue weighted by molar-refractivity contribution is 6.43. The molecule has 1 fully saturated rings. The first-order chi connectivity index (χ1) is 16.4. The first-order valence-electron chi connectivity index (χ1n) is 10.6. The third kappa shape index (κ3) is 4.18. The highest BCUT2D eigenvalue weighted by Crippen LogP contribution is 2.35. The van der Waals surface area contributed by atoms with Crippen molar-refractivity contribution >= 4 is 57.3 Å². The van der Waals surface area contributed by atoms with Gasteiger partial charge in [0.1, 0.15) is 11.2 Å². The molecule has 1 saturated heterocycles. The molecule has 1 amide bonds. The third-order valence-electron chi connectivity index (χ3n) is 5.71. The molecule has 0 saturated carbocycles. The Kier molecular flexibility index (Phi) is 5.85. The SMILES string of the molecule is O=C(Nc1ccc2oc(-c3cccc(Cl)c3Cl)nc2c1)c1ccc(N2CCCC2)c([N+](=O)[O-])c1. The van der Waals surface area contributed by atoms with Crippen molar-refractivity contribution in [3.05, 3.63) is 80.3 Å². The Morgan fingerprint density at radius 3 is 2.65 bits per heavy atom. The van der Waals surface area contributed by atoms with Crippen LogP contribution < -0.4 is 10.2 Å². The summed E-state index contributed by atoms with van der Waals surface area (Å²) in [5.74, 6) is -0.156. The molecule has 1 aliphatic rings. The fraction of sp³-hybridized carbons (Fsp3) is 0.167. The zero-order chi connectivity index (χ0) is 23.8. The number of anilines is 2. The van der Waals surface area contributed by atoms with Crippen molar-refractivity contribution in [2.75, 3.05) is 23.3 Å². The number of carbonyl (C=O) groups is 1. The molecular formula is C24H18Cl2N4O4. The van der Waals surface area contributed by atoms with Gasteiger partial charge in [0.15, 0.2) is 5.58 Å². The topological polar surface area (TPSA) is 102 Å². The summed E-state index contributed by atoms with van der Waals surface area (Å²) in [6.45, 7) is 1.54. The van der Waals surface area contributed by atoms with Crippen molar-refractivity contribution in [2.24, 2.45) is 0 Å². The largest absolute Gasteiger partial charge is 0.436 e. The van der Waals surface area contributed by atoms with Crippen molar-refractivity contribution in [3.63, 3.8) is 0 Å². The molecule has 2 heterocycles. The number of fused-ring (bicyclic) bond motifs is 1. The number of halogens is 2. The fourth-order valence-corrected chi connectivity index (χ4v) is 4.41. The number of carbonyl (C=O) groups excluding carboxylic acids is 1. The van der Waals surface area contributed by atoms with E-state index in [0.717, 1.165) is 25.9 Å². The van der Waals surface area contributed by atoms with Crippen molar-refractivity contribution in [3.8, 4) is 11.5 Å². The highest BCUT2D eigenvalue weighted by Gasteiger charge is 2.24. The van der Waals surface area contributed by atoms with E-state index in [1.165, 1.54) is 6.07 Å². The summed E-state index contributed by atoms with van der Waals surface area (Å²) in [5.41, 5.74) is 2.71. The number of nitro benzene ring substituents is 1. The molecule has 10 heteroatoms. The quantitative estimate of drug-likeness (QED) is 0.248. The summed E-state index contributed by atoms with van der Waals surface area (Å²) in [6.07, 6.45) is 1.99. The Labute approximate surface area is 204 Å². The molecule has 5 rings (SSSR count). The molecule has 0 unspecified atom stereocenters. The van der Waals surface area contributed by atoms with Gasteiger partial charge in [-0.3, -0.25) is 14.9 Å². The lowest BCUT2D eigenvalue weighted by Gasteiger charge is -2.17. The molecule has 0 radical (unpaired) electrons. The van der Waals surface area contributed by atoms with Gasteiger partial charge in [-0.1, -0.05) is 29.3 Å². The molecule has 4 aromatic rings. The van der Waals surface area contributed by atoms with Crippen LogP contribution in [0.4, 0.5) is 17.1 Å². The number of nitro groups is 1. The fourth-order valence-electron chi connectivity index (χ4n) is 4.03. The molecule has 1 N–H and O–H groups in total. The van der Waals surface area contributed by atoms with Crippen LogP contribution in [-0.4, -0.2) is 28.9 Å². The summed E-state index contributed by atoms with van der Waals surface area (Å²) in [7, 11) is 0. The lowest BCUT2D eigenvalue weighted by atomic mass is 10.1.